The highest BCUT2D eigenvalue weighted by molar-refractivity contribution is 5.91. The second kappa shape index (κ2) is 8.37. The summed E-state index contributed by atoms with van der Waals surface area (Å²) < 4.78 is 0. The first-order valence-corrected chi connectivity index (χ1v) is 10.9. The molecule has 7 heteroatoms. The van der Waals surface area contributed by atoms with E-state index in [1.165, 1.54) is 37.9 Å². The van der Waals surface area contributed by atoms with E-state index in [0.717, 1.165) is 61.6 Å². The molecule has 152 valence electrons. The summed E-state index contributed by atoms with van der Waals surface area (Å²) in [4.78, 5) is 14.5. The van der Waals surface area contributed by atoms with Crippen LogP contribution in [-0.2, 0) is 13.0 Å². The van der Waals surface area contributed by atoms with Gasteiger partial charge >= 0.3 is 0 Å². The molecule has 2 N–H and O–H groups in total. The molecular weight excluding hydrogens is 362 g/mol. The first kappa shape index (κ1) is 18.4. The number of aromatic amines is 1. The number of benzene rings is 1. The third kappa shape index (κ3) is 4.05. The van der Waals surface area contributed by atoms with Gasteiger partial charge < -0.3 is 15.1 Å². The number of hydrogen-bond donors (Lipinski definition) is 2. The highest BCUT2D eigenvalue weighted by Gasteiger charge is 2.24. The van der Waals surface area contributed by atoms with Gasteiger partial charge in [0.05, 0.1) is 11.1 Å². The van der Waals surface area contributed by atoms with Crippen molar-refractivity contribution >= 4 is 22.8 Å². The molecule has 29 heavy (non-hydrogen) atoms. The molecule has 0 radical (unpaired) electrons. The minimum Gasteiger partial charge on any atom is -0.354 e. The van der Waals surface area contributed by atoms with Crippen molar-refractivity contribution in [1.29, 1.82) is 0 Å². The number of piperidine rings is 1. The van der Waals surface area contributed by atoms with E-state index in [1.807, 2.05) is 0 Å². The highest BCUT2D eigenvalue weighted by Crippen LogP contribution is 2.32. The second-order valence-electron chi connectivity index (χ2n) is 8.11. The number of nitrogens with one attached hydrogen (secondary N) is 2. The average molecular weight is 392 g/mol. The summed E-state index contributed by atoms with van der Waals surface area (Å²) in [7, 11) is 0. The molecule has 0 unspecified atom stereocenters. The van der Waals surface area contributed by atoms with Crippen molar-refractivity contribution in [3.05, 3.63) is 41.6 Å². The number of hydrogen-bond acceptors (Lipinski definition) is 6. The van der Waals surface area contributed by atoms with Crippen LogP contribution in [0.25, 0.3) is 11.0 Å². The first-order chi connectivity index (χ1) is 14.4. The summed E-state index contributed by atoms with van der Waals surface area (Å²) in [5, 5.41) is 12.1. The largest absolute Gasteiger partial charge is 0.354 e. The van der Waals surface area contributed by atoms with Crippen molar-refractivity contribution in [2.45, 2.75) is 38.6 Å². The lowest BCUT2D eigenvalue weighted by Crippen LogP contribution is -2.31. The Morgan fingerprint density at radius 2 is 1.86 bits per heavy atom. The van der Waals surface area contributed by atoms with Crippen LogP contribution in [-0.4, -0.2) is 57.8 Å². The number of anilines is 2. The van der Waals surface area contributed by atoms with Crippen LogP contribution < -0.4 is 10.2 Å². The zero-order valence-electron chi connectivity index (χ0n) is 16.9. The molecule has 1 aromatic carbocycles. The molecule has 1 fully saturated rings. The molecule has 0 saturated carbocycles. The molecular formula is C22H29N7. The Hall–Kier alpha value is -2.67. The fourth-order valence-electron chi connectivity index (χ4n) is 4.45. The summed E-state index contributed by atoms with van der Waals surface area (Å²) in [5.74, 6) is 1.68. The van der Waals surface area contributed by atoms with E-state index in [1.54, 1.807) is 0 Å². The smallest absolute Gasteiger partial charge is 0.226 e. The van der Waals surface area contributed by atoms with Gasteiger partial charge in [-0.05, 0) is 44.5 Å². The first-order valence-electron chi connectivity index (χ1n) is 10.9. The van der Waals surface area contributed by atoms with Crippen LogP contribution >= 0.6 is 0 Å². The normalized spacial score (nSPS) is 17.0. The Labute approximate surface area is 171 Å². The Balaban J connectivity index is 1.29. The van der Waals surface area contributed by atoms with Crippen molar-refractivity contribution in [2.24, 2.45) is 0 Å². The molecule has 0 spiro atoms. The van der Waals surface area contributed by atoms with Crippen molar-refractivity contribution in [3.63, 3.8) is 0 Å². The SMILES string of the molecule is c1ccc(CN2CCc3[nH]nc4nc(NCCCN5CCCCC5)nc2c34)cc1. The highest BCUT2D eigenvalue weighted by atomic mass is 15.3. The lowest BCUT2D eigenvalue weighted by atomic mass is 10.1. The van der Waals surface area contributed by atoms with Crippen molar-refractivity contribution < 1.29 is 0 Å². The van der Waals surface area contributed by atoms with E-state index in [0.29, 0.717) is 5.95 Å². The molecule has 0 bridgehead atoms. The monoisotopic (exact) mass is 391 g/mol. The van der Waals surface area contributed by atoms with Crippen molar-refractivity contribution in [2.75, 3.05) is 42.9 Å². The van der Waals surface area contributed by atoms with E-state index in [2.05, 4.69) is 60.6 Å². The van der Waals surface area contributed by atoms with Gasteiger partial charge in [0.15, 0.2) is 5.65 Å². The Morgan fingerprint density at radius 1 is 1.00 bits per heavy atom. The van der Waals surface area contributed by atoms with Crippen LogP contribution in [0.15, 0.2) is 30.3 Å². The van der Waals surface area contributed by atoms with Gasteiger partial charge in [0.1, 0.15) is 5.82 Å². The molecule has 3 aromatic rings. The molecule has 0 amide bonds. The molecule has 2 aliphatic heterocycles. The summed E-state index contributed by atoms with van der Waals surface area (Å²) in [5.41, 5.74) is 3.21. The van der Waals surface area contributed by atoms with E-state index >= 15 is 0 Å². The molecule has 2 aliphatic rings. The third-order valence-electron chi connectivity index (χ3n) is 6.00. The summed E-state index contributed by atoms with van der Waals surface area (Å²) >= 11 is 0. The van der Waals surface area contributed by atoms with Crippen LogP contribution in [0.4, 0.5) is 11.8 Å². The summed E-state index contributed by atoms with van der Waals surface area (Å²) in [6, 6.07) is 10.6. The van der Waals surface area contributed by atoms with Crippen LogP contribution in [0.1, 0.15) is 36.9 Å². The van der Waals surface area contributed by atoms with E-state index < -0.39 is 0 Å². The Morgan fingerprint density at radius 3 is 2.72 bits per heavy atom. The van der Waals surface area contributed by atoms with Gasteiger partial charge in [-0.25, -0.2) is 0 Å². The molecule has 0 atom stereocenters. The van der Waals surface area contributed by atoms with Crippen molar-refractivity contribution in [1.82, 2.24) is 25.1 Å². The quantitative estimate of drug-likeness (QED) is 0.603. The Bertz CT molecular complexity index is 946. The van der Waals surface area contributed by atoms with Gasteiger partial charge in [0.2, 0.25) is 5.95 Å². The molecule has 0 aliphatic carbocycles. The van der Waals surface area contributed by atoms with Crippen LogP contribution in [0.3, 0.4) is 0 Å². The van der Waals surface area contributed by atoms with Gasteiger partial charge in [0.25, 0.3) is 0 Å². The van der Waals surface area contributed by atoms with E-state index in [-0.39, 0.29) is 0 Å². The summed E-state index contributed by atoms with van der Waals surface area (Å²) in [6.45, 7) is 6.32. The molecule has 5 rings (SSSR count). The van der Waals surface area contributed by atoms with Gasteiger partial charge in [-0.1, -0.05) is 36.8 Å². The number of rotatable bonds is 7. The molecule has 7 nitrogen and oxygen atoms in total. The van der Waals surface area contributed by atoms with E-state index in [9.17, 15) is 0 Å². The maximum Gasteiger partial charge on any atom is 0.226 e. The van der Waals surface area contributed by atoms with Crippen molar-refractivity contribution in [3.8, 4) is 0 Å². The third-order valence-corrected chi connectivity index (χ3v) is 6.00. The lowest BCUT2D eigenvalue weighted by molar-refractivity contribution is 0.228. The zero-order valence-corrected chi connectivity index (χ0v) is 16.9. The van der Waals surface area contributed by atoms with Crippen LogP contribution in [0.5, 0.6) is 0 Å². The predicted molar refractivity (Wildman–Crippen MR) is 116 cm³/mol. The molecule has 4 heterocycles. The second-order valence-corrected chi connectivity index (χ2v) is 8.11. The number of nitrogens with zero attached hydrogens (tertiary/aromatic N) is 5. The molecule has 1 saturated heterocycles. The van der Waals surface area contributed by atoms with Crippen LogP contribution in [0.2, 0.25) is 0 Å². The number of H-pyrrole nitrogens is 1. The lowest BCUT2D eigenvalue weighted by Gasteiger charge is -2.28. The average Bonchev–Trinajstić information content (AvgIpc) is 3.19. The standard InChI is InChI=1S/C22H29N7/c1-3-8-17(9-4-1)16-29-15-10-18-19-20(27-26-18)24-22(25-21(19)29)23-11-7-14-28-12-5-2-6-13-28/h1,3-4,8-9H,2,5-7,10-16H2,(H2,23,24,25,26,27). The van der Waals surface area contributed by atoms with E-state index in [4.69, 9.17) is 4.98 Å². The fraction of sp³-hybridized carbons (Fsp3) is 0.500. The number of likely N-dealkylation sites (tertiary alicyclic amines) is 1. The topological polar surface area (TPSA) is 73.0 Å². The predicted octanol–water partition coefficient (Wildman–Crippen LogP) is 3.20. The summed E-state index contributed by atoms with van der Waals surface area (Å²) in [6.07, 6.45) is 6.12. The van der Waals surface area contributed by atoms with Crippen LogP contribution in [0, 0.1) is 0 Å². The van der Waals surface area contributed by atoms with Gasteiger partial charge in [0, 0.05) is 26.1 Å². The minimum absolute atomic E-state index is 0.684. The maximum atomic E-state index is 4.90. The fourth-order valence-corrected chi connectivity index (χ4v) is 4.45. The Kier molecular flexibility index (Phi) is 5.30. The zero-order chi connectivity index (χ0) is 19.5. The minimum atomic E-state index is 0.684. The van der Waals surface area contributed by atoms with Gasteiger partial charge in [-0.2, -0.15) is 15.1 Å². The molecule has 2 aromatic heterocycles. The number of aromatic nitrogens is 4. The maximum absolute atomic E-state index is 4.90. The van der Waals surface area contributed by atoms with Gasteiger partial charge in [-0.3, -0.25) is 5.10 Å². The van der Waals surface area contributed by atoms with Gasteiger partial charge in [-0.15, -0.1) is 0 Å².